The van der Waals surface area contributed by atoms with Gasteiger partial charge in [0, 0.05) is 13.1 Å². The van der Waals surface area contributed by atoms with Gasteiger partial charge in [0.15, 0.2) is 0 Å². The van der Waals surface area contributed by atoms with Crippen LogP contribution in [-0.4, -0.2) is 42.9 Å². The first kappa shape index (κ1) is 14.7. The van der Waals surface area contributed by atoms with Crippen LogP contribution in [0.2, 0.25) is 0 Å². The van der Waals surface area contributed by atoms with Crippen molar-refractivity contribution in [1.82, 2.24) is 4.90 Å². The Morgan fingerprint density at radius 3 is 2.55 bits per heavy atom. The van der Waals surface area contributed by atoms with Gasteiger partial charge in [0.25, 0.3) is 0 Å². The fourth-order valence-corrected chi connectivity index (χ4v) is 2.36. The van der Waals surface area contributed by atoms with Crippen molar-refractivity contribution in [2.24, 2.45) is 4.99 Å². The van der Waals surface area contributed by atoms with E-state index in [-0.39, 0.29) is 6.10 Å². The molecule has 1 heterocycles. The minimum Gasteiger partial charge on any atom is -0.445 e. The topological polar surface area (TPSA) is 41.9 Å². The molecule has 0 unspecified atom stereocenters. The molecule has 0 spiro atoms. The Morgan fingerprint density at radius 2 is 1.95 bits per heavy atom. The smallest absolute Gasteiger partial charge is 0.434 e. The summed E-state index contributed by atoms with van der Waals surface area (Å²) in [5.41, 5.74) is 1.76. The fraction of sp³-hybridized carbons (Fsp3) is 0.500. The lowest BCUT2D eigenvalue weighted by molar-refractivity contribution is 0.0636. The van der Waals surface area contributed by atoms with Gasteiger partial charge in [-0.25, -0.2) is 4.79 Å². The van der Waals surface area contributed by atoms with E-state index in [4.69, 9.17) is 4.74 Å². The Hall–Kier alpha value is -1.68. The van der Waals surface area contributed by atoms with E-state index >= 15 is 0 Å². The van der Waals surface area contributed by atoms with Crippen molar-refractivity contribution < 1.29 is 9.53 Å². The number of rotatable bonds is 3. The zero-order valence-electron chi connectivity index (χ0n) is 12.2. The van der Waals surface area contributed by atoms with E-state index in [1.54, 1.807) is 0 Å². The number of nitrogens with zero attached hydrogens (tertiary/aromatic N) is 2. The molecule has 0 N–H and O–H groups in total. The largest absolute Gasteiger partial charge is 0.445 e. The second kappa shape index (κ2) is 7.20. The van der Waals surface area contributed by atoms with Crippen LogP contribution in [0, 0.1) is 0 Å². The Bertz CT molecular complexity index is 463. The lowest BCUT2D eigenvalue weighted by Gasteiger charge is -2.28. The molecule has 1 aliphatic rings. The van der Waals surface area contributed by atoms with Gasteiger partial charge in [0.2, 0.25) is 0 Å². The van der Waals surface area contributed by atoms with Crippen molar-refractivity contribution in [3.05, 3.63) is 35.9 Å². The number of carbonyl (C=O) groups excluding carboxylic acids is 1. The molecule has 1 amide bonds. The predicted molar refractivity (Wildman–Crippen MR) is 80.3 cm³/mol. The minimum atomic E-state index is -0.458. The maximum absolute atomic E-state index is 11.9. The summed E-state index contributed by atoms with van der Waals surface area (Å²) in [4.78, 5) is 18.3. The van der Waals surface area contributed by atoms with Crippen LogP contribution in [0.4, 0.5) is 4.79 Å². The molecule has 0 bridgehead atoms. The average Bonchev–Trinajstić information content (AvgIpc) is 2.48. The Kier molecular flexibility index (Phi) is 5.30. The highest BCUT2D eigenvalue weighted by atomic mass is 16.6. The van der Waals surface area contributed by atoms with Crippen LogP contribution in [0.1, 0.15) is 31.7 Å². The number of ether oxygens (including phenoxy) is 1. The molecule has 0 radical (unpaired) electrons. The molecule has 2 rings (SSSR count). The summed E-state index contributed by atoms with van der Waals surface area (Å²) in [6, 6.07) is 9.77. The predicted octanol–water partition coefficient (Wildman–Crippen LogP) is 3.12. The Balaban J connectivity index is 1.96. The first-order valence-corrected chi connectivity index (χ1v) is 7.21. The summed E-state index contributed by atoms with van der Waals surface area (Å²) >= 11 is 0. The maximum Gasteiger partial charge on any atom is 0.434 e. The van der Waals surface area contributed by atoms with Gasteiger partial charge in [-0.2, -0.15) is 4.99 Å². The molecule has 0 atom stereocenters. The lowest BCUT2D eigenvalue weighted by atomic mass is 10.1. The van der Waals surface area contributed by atoms with E-state index in [1.165, 1.54) is 0 Å². The monoisotopic (exact) mass is 274 g/mol. The van der Waals surface area contributed by atoms with Crippen LogP contribution in [0.3, 0.4) is 0 Å². The minimum absolute atomic E-state index is 0.0105. The molecule has 1 fully saturated rings. The van der Waals surface area contributed by atoms with Crippen molar-refractivity contribution in [1.29, 1.82) is 0 Å². The summed E-state index contributed by atoms with van der Waals surface area (Å²) in [6.07, 6.45) is 2.05. The van der Waals surface area contributed by atoms with Crippen LogP contribution in [-0.2, 0) is 4.74 Å². The first-order valence-electron chi connectivity index (χ1n) is 7.21. The van der Waals surface area contributed by atoms with Crippen molar-refractivity contribution in [2.45, 2.75) is 32.3 Å². The number of hydrogen-bond donors (Lipinski definition) is 0. The van der Waals surface area contributed by atoms with Crippen LogP contribution >= 0.6 is 0 Å². The number of hydrogen-bond acceptors (Lipinski definition) is 3. The molecule has 4 nitrogen and oxygen atoms in total. The summed E-state index contributed by atoms with van der Waals surface area (Å²) in [5.74, 6) is 0. The fourth-order valence-electron chi connectivity index (χ4n) is 2.36. The van der Waals surface area contributed by atoms with Crippen molar-refractivity contribution >= 4 is 11.8 Å². The number of aliphatic imine (C=N–C) groups is 1. The van der Waals surface area contributed by atoms with Gasteiger partial charge in [0.1, 0.15) is 6.10 Å². The summed E-state index contributed by atoms with van der Waals surface area (Å²) < 4.78 is 5.44. The van der Waals surface area contributed by atoms with Gasteiger partial charge < -0.3 is 9.64 Å². The third-order valence-electron chi connectivity index (χ3n) is 3.60. The SMILES string of the molecule is CCC(=NC(=O)OC1CCN(C)CC1)c1ccccc1. The molecule has 0 aliphatic carbocycles. The van der Waals surface area contributed by atoms with Crippen LogP contribution < -0.4 is 0 Å². The second-order valence-electron chi connectivity index (χ2n) is 5.16. The first-order chi connectivity index (χ1) is 9.69. The summed E-state index contributed by atoms with van der Waals surface area (Å²) in [5, 5.41) is 0. The van der Waals surface area contributed by atoms with Gasteiger partial charge in [-0.15, -0.1) is 0 Å². The number of benzene rings is 1. The molecule has 1 aliphatic heterocycles. The highest BCUT2D eigenvalue weighted by molar-refractivity contribution is 6.05. The van der Waals surface area contributed by atoms with Crippen LogP contribution in [0.15, 0.2) is 35.3 Å². The second-order valence-corrected chi connectivity index (χ2v) is 5.16. The van der Waals surface area contributed by atoms with Crippen molar-refractivity contribution in [3.8, 4) is 0 Å². The molecule has 20 heavy (non-hydrogen) atoms. The lowest BCUT2D eigenvalue weighted by Crippen LogP contribution is -2.35. The van der Waals surface area contributed by atoms with E-state index in [0.29, 0.717) is 6.42 Å². The quantitative estimate of drug-likeness (QED) is 0.795. The van der Waals surface area contributed by atoms with E-state index in [2.05, 4.69) is 16.9 Å². The van der Waals surface area contributed by atoms with Crippen LogP contribution in [0.25, 0.3) is 0 Å². The molecule has 4 heteroatoms. The van der Waals surface area contributed by atoms with E-state index < -0.39 is 6.09 Å². The van der Waals surface area contributed by atoms with Crippen molar-refractivity contribution in [3.63, 3.8) is 0 Å². The summed E-state index contributed by atoms with van der Waals surface area (Å²) in [7, 11) is 2.08. The van der Waals surface area contributed by atoms with Gasteiger partial charge in [0.05, 0.1) is 5.71 Å². The van der Waals surface area contributed by atoms with Gasteiger partial charge >= 0.3 is 6.09 Å². The van der Waals surface area contributed by atoms with Crippen molar-refractivity contribution in [2.75, 3.05) is 20.1 Å². The molecule has 1 aromatic carbocycles. The number of piperidine rings is 1. The van der Waals surface area contributed by atoms with E-state index in [9.17, 15) is 4.79 Å². The van der Waals surface area contributed by atoms with E-state index in [0.717, 1.165) is 37.2 Å². The third-order valence-corrected chi connectivity index (χ3v) is 3.60. The zero-order chi connectivity index (χ0) is 14.4. The third kappa shape index (κ3) is 4.17. The number of likely N-dealkylation sites (tertiary alicyclic amines) is 1. The standard InChI is InChI=1S/C16H22N2O2/c1-3-15(13-7-5-4-6-8-13)17-16(19)20-14-9-11-18(2)12-10-14/h4-8,14H,3,9-12H2,1-2H3. The molecule has 108 valence electrons. The average molecular weight is 274 g/mol. The number of amides is 1. The molecular weight excluding hydrogens is 252 g/mol. The van der Waals surface area contributed by atoms with Crippen LogP contribution in [0.5, 0.6) is 0 Å². The van der Waals surface area contributed by atoms with E-state index in [1.807, 2.05) is 37.3 Å². The zero-order valence-corrected chi connectivity index (χ0v) is 12.2. The molecule has 1 aromatic rings. The highest BCUT2D eigenvalue weighted by Crippen LogP contribution is 2.13. The molecular formula is C16H22N2O2. The molecule has 0 saturated carbocycles. The Morgan fingerprint density at radius 1 is 1.30 bits per heavy atom. The molecule has 1 saturated heterocycles. The summed E-state index contributed by atoms with van der Waals surface area (Å²) in [6.45, 7) is 3.94. The van der Waals surface area contributed by atoms with Gasteiger partial charge in [-0.1, -0.05) is 37.3 Å². The van der Waals surface area contributed by atoms with Gasteiger partial charge in [-0.3, -0.25) is 0 Å². The Labute approximate surface area is 120 Å². The number of carbonyl (C=O) groups is 1. The normalized spacial score (nSPS) is 18.0. The maximum atomic E-state index is 11.9. The molecule has 0 aromatic heterocycles. The van der Waals surface area contributed by atoms with Gasteiger partial charge in [-0.05, 0) is 31.9 Å². The highest BCUT2D eigenvalue weighted by Gasteiger charge is 2.20.